The van der Waals surface area contributed by atoms with Crippen LogP contribution in [0.25, 0.3) is 0 Å². The van der Waals surface area contributed by atoms with Gasteiger partial charge in [0.15, 0.2) is 6.29 Å². The first-order valence-electron chi connectivity index (χ1n) is 5.74. The molecular weight excluding hydrogens is 224 g/mol. The van der Waals surface area contributed by atoms with Crippen molar-refractivity contribution < 1.29 is 19.4 Å². The molecule has 0 aromatic rings. The Bertz CT molecular complexity index is 234. The van der Waals surface area contributed by atoms with E-state index in [0.29, 0.717) is 18.8 Å². The van der Waals surface area contributed by atoms with Crippen molar-refractivity contribution in [1.82, 2.24) is 0 Å². The van der Waals surface area contributed by atoms with Gasteiger partial charge in [0, 0.05) is 29.0 Å². The van der Waals surface area contributed by atoms with Crippen LogP contribution in [0, 0.1) is 0 Å². The molecule has 0 heterocycles. The highest BCUT2D eigenvalue weighted by atomic mass is 28.1. The summed E-state index contributed by atoms with van der Waals surface area (Å²) in [4.78, 5) is 11.1. The first kappa shape index (κ1) is 15.3. The summed E-state index contributed by atoms with van der Waals surface area (Å²) in [6.07, 6.45) is 1.90. The number of hydrogen-bond donors (Lipinski definition) is 1. The first-order valence-corrected chi connectivity index (χ1v) is 6.90. The molecule has 0 radical (unpaired) electrons. The fourth-order valence-corrected chi connectivity index (χ4v) is 1.73. The van der Waals surface area contributed by atoms with Gasteiger partial charge in [-0.15, -0.1) is 0 Å². The van der Waals surface area contributed by atoms with Gasteiger partial charge in [0.05, 0.1) is 0 Å². The molecule has 0 aliphatic carbocycles. The van der Waals surface area contributed by atoms with E-state index in [1.807, 2.05) is 20.8 Å². The number of hydrogen-bond acceptors (Lipinski definition) is 3. The molecule has 1 N–H and O–H groups in total. The van der Waals surface area contributed by atoms with E-state index in [9.17, 15) is 4.79 Å². The fourth-order valence-electron chi connectivity index (χ4n) is 1.29. The Balaban J connectivity index is 4.76. The Hall–Kier alpha value is -0.653. The molecule has 0 saturated carbocycles. The van der Waals surface area contributed by atoms with Crippen molar-refractivity contribution in [3.05, 3.63) is 11.6 Å². The lowest BCUT2D eigenvalue weighted by molar-refractivity contribution is -0.133. The molecule has 0 bridgehead atoms. The molecule has 1 atom stereocenters. The van der Waals surface area contributed by atoms with E-state index >= 15 is 0 Å². The number of carboxylic acid groups (broad SMARTS) is 1. The smallest absolute Gasteiger partial charge is 0.331 e. The van der Waals surface area contributed by atoms with Gasteiger partial charge >= 0.3 is 5.97 Å². The van der Waals surface area contributed by atoms with Crippen LogP contribution in [0.2, 0.25) is 5.54 Å². The second-order valence-corrected chi connectivity index (χ2v) is 4.91. The summed E-state index contributed by atoms with van der Waals surface area (Å²) < 4.78 is 10.6. The van der Waals surface area contributed by atoms with E-state index in [2.05, 4.69) is 0 Å². The molecule has 0 aromatic carbocycles. The Morgan fingerprint density at radius 3 is 2.12 bits per heavy atom. The van der Waals surface area contributed by atoms with Gasteiger partial charge in [-0.1, -0.05) is 13.3 Å². The molecule has 0 saturated heterocycles. The van der Waals surface area contributed by atoms with Crippen LogP contribution in [0.15, 0.2) is 11.6 Å². The summed E-state index contributed by atoms with van der Waals surface area (Å²) in [5.74, 6) is -0.869. The molecule has 1 unspecified atom stereocenters. The summed E-state index contributed by atoms with van der Waals surface area (Å²) in [5, 5.41) is 9.10. The van der Waals surface area contributed by atoms with Gasteiger partial charge in [-0.05, 0) is 25.5 Å². The SMILES string of the molecule is CCOC(C=C(C(=O)O)C([SiH3])CC)OCC. The Morgan fingerprint density at radius 2 is 1.81 bits per heavy atom. The third-order valence-corrected chi connectivity index (χ3v) is 3.81. The number of ether oxygens (including phenoxy) is 2. The van der Waals surface area contributed by atoms with Crippen molar-refractivity contribution in [3.63, 3.8) is 0 Å². The van der Waals surface area contributed by atoms with Crippen LogP contribution in [0.3, 0.4) is 0 Å². The second-order valence-electron chi connectivity index (χ2n) is 3.52. The van der Waals surface area contributed by atoms with Gasteiger partial charge in [-0.3, -0.25) is 0 Å². The molecule has 16 heavy (non-hydrogen) atoms. The molecular formula is C11H22O4Si. The van der Waals surface area contributed by atoms with Crippen molar-refractivity contribution in [2.75, 3.05) is 13.2 Å². The minimum Gasteiger partial charge on any atom is -0.478 e. The second kappa shape index (κ2) is 8.49. The normalized spacial score (nSPS) is 14.4. The van der Waals surface area contributed by atoms with Crippen LogP contribution in [-0.2, 0) is 14.3 Å². The lowest BCUT2D eigenvalue weighted by atomic mass is 10.1. The molecule has 94 valence electrons. The van der Waals surface area contributed by atoms with Crippen LogP contribution >= 0.6 is 0 Å². The lowest BCUT2D eigenvalue weighted by Gasteiger charge is -2.16. The van der Waals surface area contributed by atoms with Gasteiger partial charge in [0.2, 0.25) is 0 Å². The summed E-state index contributed by atoms with van der Waals surface area (Å²) in [6, 6.07) is 0. The molecule has 5 heteroatoms. The monoisotopic (exact) mass is 246 g/mol. The minimum atomic E-state index is -0.869. The van der Waals surface area contributed by atoms with Crippen LogP contribution in [0.5, 0.6) is 0 Å². The standard InChI is InChI=1S/C11H22O4Si/c1-4-9(16)8(11(12)13)7-10(14-5-2)15-6-3/h7,9-10H,4-6H2,1-3,16H3,(H,12,13). The predicted molar refractivity (Wildman–Crippen MR) is 66.7 cm³/mol. The molecule has 0 aromatic heterocycles. The van der Waals surface area contributed by atoms with E-state index in [0.717, 1.165) is 16.7 Å². The highest BCUT2D eigenvalue weighted by molar-refractivity contribution is 6.17. The van der Waals surface area contributed by atoms with Crippen LogP contribution in [0.4, 0.5) is 0 Å². The van der Waals surface area contributed by atoms with Crippen molar-refractivity contribution in [2.45, 2.75) is 39.0 Å². The minimum absolute atomic E-state index is 0.140. The number of aliphatic carboxylic acids is 1. The summed E-state index contributed by atoms with van der Waals surface area (Å²) in [7, 11) is 0.824. The summed E-state index contributed by atoms with van der Waals surface area (Å²) in [6.45, 7) is 6.72. The highest BCUT2D eigenvalue weighted by Gasteiger charge is 2.17. The molecule has 0 aliphatic heterocycles. The number of rotatable bonds is 8. The first-order chi connectivity index (χ1) is 7.56. The zero-order chi connectivity index (χ0) is 12.6. The van der Waals surface area contributed by atoms with E-state index in [4.69, 9.17) is 14.6 Å². The molecule has 0 spiro atoms. The Morgan fingerprint density at radius 1 is 1.31 bits per heavy atom. The Labute approximate surface area is 100 Å². The third kappa shape index (κ3) is 5.44. The average Bonchev–Trinajstić information content (AvgIpc) is 2.24. The van der Waals surface area contributed by atoms with Gasteiger partial charge in [-0.2, -0.15) is 0 Å². The molecule has 0 aliphatic rings. The quantitative estimate of drug-likeness (QED) is 0.394. The van der Waals surface area contributed by atoms with Crippen LogP contribution in [-0.4, -0.2) is 40.8 Å². The fraction of sp³-hybridized carbons (Fsp3) is 0.727. The van der Waals surface area contributed by atoms with E-state index in [-0.39, 0.29) is 5.54 Å². The molecule has 0 rings (SSSR count). The molecule has 0 amide bonds. The topological polar surface area (TPSA) is 55.8 Å². The van der Waals surface area contributed by atoms with Crippen molar-refractivity contribution in [3.8, 4) is 0 Å². The van der Waals surface area contributed by atoms with E-state index in [1.54, 1.807) is 6.08 Å². The zero-order valence-electron chi connectivity index (χ0n) is 10.5. The predicted octanol–water partition coefficient (Wildman–Crippen LogP) is 0.960. The van der Waals surface area contributed by atoms with Gasteiger partial charge in [0.25, 0.3) is 0 Å². The zero-order valence-corrected chi connectivity index (χ0v) is 12.5. The maximum atomic E-state index is 11.1. The van der Waals surface area contributed by atoms with E-state index in [1.165, 1.54) is 0 Å². The van der Waals surface area contributed by atoms with Gasteiger partial charge < -0.3 is 14.6 Å². The van der Waals surface area contributed by atoms with Crippen LogP contribution in [0.1, 0.15) is 27.2 Å². The highest BCUT2D eigenvalue weighted by Crippen LogP contribution is 2.19. The third-order valence-electron chi connectivity index (χ3n) is 2.37. The largest absolute Gasteiger partial charge is 0.478 e. The average molecular weight is 246 g/mol. The maximum Gasteiger partial charge on any atom is 0.331 e. The lowest BCUT2D eigenvalue weighted by Crippen LogP contribution is -2.18. The van der Waals surface area contributed by atoms with Crippen molar-refractivity contribution >= 4 is 16.2 Å². The summed E-state index contributed by atoms with van der Waals surface area (Å²) in [5.41, 5.74) is 0.557. The van der Waals surface area contributed by atoms with Gasteiger partial charge in [0.1, 0.15) is 0 Å². The van der Waals surface area contributed by atoms with Crippen molar-refractivity contribution in [2.24, 2.45) is 0 Å². The summed E-state index contributed by atoms with van der Waals surface area (Å²) >= 11 is 0. The van der Waals surface area contributed by atoms with E-state index < -0.39 is 12.3 Å². The Kier molecular flexibility index (Phi) is 8.15. The molecule has 0 fully saturated rings. The van der Waals surface area contributed by atoms with Crippen molar-refractivity contribution in [1.29, 1.82) is 0 Å². The van der Waals surface area contributed by atoms with Crippen LogP contribution < -0.4 is 0 Å². The van der Waals surface area contributed by atoms with Gasteiger partial charge in [-0.25, -0.2) is 4.79 Å². The molecule has 4 nitrogen and oxygen atoms in total. The number of carbonyl (C=O) groups is 1. The maximum absolute atomic E-state index is 11.1. The number of carboxylic acids is 1.